The van der Waals surface area contributed by atoms with E-state index in [4.69, 9.17) is 0 Å². The van der Waals surface area contributed by atoms with E-state index in [9.17, 15) is 0 Å². The molecule has 1 N–H and O–H groups in total. The molecule has 2 nitrogen and oxygen atoms in total. The Bertz CT molecular complexity index is 111. The maximum absolute atomic E-state index is 3.28. The zero-order valence-corrected chi connectivity index (χ0v) is 8.99. The minimum atomic E-state index is 0.632. The molecule has 1 unspecified atom stereocenters. The summed E-state index contributed by atoms with van der Waals surface area (Å²) in [5, 5.41) is 3.28. The number of rotatable bonds is 3. The van der Waals surface area contributed by atoms with Crippen LogP contribution in [0.15, 0.2) is 0 Å². The Morgan fingerprint density at radius 3 is 3.00 bits per heavy atom. The van der Waals surface area contributed by atoms with Gasteiger partial charge in [0.2, 0.25) is 0 Å². The number of nitrogens with one attached hydrogen (secondary N) is 1. The van der Waals surface area contributed by atoms with Crippen molar-refractivity contribution in [3.8, 4) is 0 Å². The van der Waals surface area contributed by atoms with Gasteiger partial charge in [-0.15, -0.1) is 0 Å². The van der Waals surface area contributed by atoms with E-state index in [0.717, 1.165) is 0 Å². The Morgan fingerprint density at radius 1 is 1.42 bits per heavy atom. The number of hydrogen-bond donors (Lipinski definition) is 1. The van der Waals surface area contributed by atoms with Gasteiger partial charge < -0.3 is 10.2 Å². The standard InChI is InChI=1S/C9H20N2S/c1-9(10-2)8-11-4-3-6-12-7-5-11/h9-10H,3-8H2,1-2H3. The van der Waals surface area contributed by atoms with Crippen LogP contribution in [0.2, 0.25) is 0 Å². The van der Waals surface area contributed by atoms with Crippen LogP contribution in [-0.2, 0) is 0 Å². The van der Waals surface area contributed by atoms with E-state index >= 15 is 0 Å². The van der Waals surface area contributed by atoms with Crippen molar-refractivity contribution in [3.05, 3.63) is 0 Å². The second-order valence-electron chi connectivity index (χ2n) is 3.46. The highest BCUT2D eigenvalue weighted by atomic mass is 32.2. The van der Waals surface area contributed by atoms with Crippen LogP contribution in [0.4, 0.5) is 0 Å². The molecule has 0 aliphatic carbocycles. The van der Waals surface area contributed by atoms with E-state index < -0.39 is 0 Å². The van der Waals surface area contributed by atoms with Gasteiger partial charge in [0.05, 0.1) is 0 Å². The van der Waals surface area contributed by atoms with E-state index in [1.165, 1.54) is 37.6 Å². The van der Waals surface area contributed by atoms with Crippen molar-refractivity contribution in [3.63, 3.8) is 0 Å². The van der Waals surface area contributed by atoms with Gasteiger partial charge in [0.1, 0.15) is 0 Å². The van der Waals surface area contributed by atoms with Gasteiger partial charge in [0.25, 0.3) is 0 Å². The van der Waals surface area contributed by atoms with Crippen LogP contribution < -0.4 is 5.32 Å². The van der Waals surface area contributed by atoms with E-state index in [-0.39, 0.29) is 0 Å². The Kier molecular flexibility index (Phi) is 5.04. The van der Waals surface area contributed by atoms with E-state index in [1.807, 2.05) is 7.05 Å². The second-order valence-corrected chi connectivity index (χ2v) is 4.68. The molecule has 0 aromatic heterocycles. The quantitative estimate of drug-likeness (QED) is 0.712. The van der Waals surface area contributed by atoms with Gasteiger partial charge in [-0.2, -0.15) is 11.8 Å². The molecule has 0 bridgehead atoms. The predicted molar refractivity (Wildman–Crippen MR) is 56.9 cm³/mol. The second kappa shape index (κ2) is 5.84. The number of nitrogens with zero attached hydrogens (tertiary/aromatic N) is 1. The average molecular weight is 188 g/mol. The normalized spacial score (nSPS) is 23.5. The first-order chi connectivity index (χ1) is 5.83. The van der Waals surface area contributed by atoms with Gasteiger partial charge in [-0.25, -0.2) is 0 Å². The fourth-order valence-corrected chi connectivity index (χ4v) is 2.38. The monoisotopic (exact) mass is 188 g/mol. The zero-order valence-electron chi connectivity index (χ0n) is 8.18. The third kappa shape index (κ3) is 3.78. The van der Waals surface area contributed by atoms with Crippen molar-refractivity contribution in [2.75, 3.05) is 38.2 Å². The third-order valence-corrected chi connectivity index (χ3v) is 3.39. The molecular formula is C9H20N2S. The molecule has 0 saturated carbocycles. The van der Waals surface area contributed by atoms with Crippen molar-refractivity contribution in [1.29, 1.82) is 0 Å². The molecule has 0 aromatic carbocycles. The van der Waals surface area contributed by atoms with Crippen LogP contribution in [0.3, 0.4) is 0 Å². The van der Waals surface area contributed by atoms with Gasteiger partial charge in [-0.05, 0) is 32.7 Å². The lowest BCUT2D eigenvalue weighted by Crippen LogP contribution is -2.38. The summed E-state index contributed by atoms with van der Waals surface area (Å²) in [6.45, 7) is 6.02. The predicted octanol–water partition coefficient (Wildman–Crippen LogP) is 1.03. The van der Waals surface area contributed by atoms with Crippen LogP contribution in [-0.4, -0.2) is 49.1 Å². The molecule has 1 heterocycles. The van der Waals surface area contributed by atoms with Crippen molar-refractivity contribution in [2.24, 2.45) is 0 Å². The first kappa shape index (κ1) is 10.4. The van der Waals surface area contributed by atoms with Gasteiger partial charge in [0, 0.05) is 24.9 Å². The van der Waals surface area contributed by atoms with Crippen LogP contribution in [0.25, 0.3) is 0 Å². The number of hydrogen-bond acceptors (Lipinski definition) is 3. The fraction of sp³-hybridized carbons (Fsp3) is 1.00. The lowest BCUT2D eigenvalue weighted by Gasteiger charge is -2.23. The summed E-state index contributed by atoms with van der Waals surface area (Å²) in [5.74, 6) is 2.67. The van der Waals surface area contributed by atoms with Gasteiger partial charge >= 0.3 is 0 Å². The molecule has 0 spiro atoms. The maximum Gasteiger partial charge on any atom is 0.0163 e. The molecule has 1 rings (SSSR count). The third-order valence-electron chi connectivity index (χ3n) is 2.34. The lowest BCUT2D eigenvalue weighted by molar-refractivity contribution is 0.269. The molecule has 1 saturated heterocycles. The number of thioether (sulfide) groups is 1. The van der Waals surface area contributed by atoms with Crippen LogP contribution in [0.1, 0.15) is 13.3 Å². The topological polar surface area (TPSA) is 15.3 Å². The molecule has 0 radical (unpaired) electrons. The summed E-state index contributed by atoms with van der Waals surface area (Å²) in [4.78, 5) is 2.57. The number of likely N-dealkylation sites (N-methyl/N-ethyl adjacent to an activating group) is 1. The first-order valence-corrected chi connectivity index (χ1v) is 5.96. The average Bonchev–Trinajstić information content (AvgIpc) is 2.33. The highest BCUT2D eigenvalue weighted by molar-refractivity contribution is 7.99. The minimum Gasteiger partial charge on any atom is -0.316 e. The Balaban J connectivity index is 2.20. The Hall–Kier alpha value is 0.270. The van der Waals surface area contributed by atoms with Crippen LogP contribution >= 0.6 is 11.8 Å². The smallest absolute Gasteiger partial charge is 0.0163 e. The van der Waals surface area contributed by atoms with Gasteiger partial charge in [-0.3, -0.25) is 0 Å². The molecule has 72 valence electrons. The molecule has 1 aliphatic rings. The molecule has 12 heavy (non-hydrogen) atoms. The largest absolute Gasteiger partial charge is 0.316 e. The zero-order chi connectivity index (χ0) is 8.81. The van der Waals surface area contributed by atoms with E-state index in [1.54, 1.807) is 0 Å². The molecule has 0 aromatic rings. The summed E-state index contributed by atoms with van der Waals surface area (Å²) >= 11 is 2.09. The van der Waals surface area contributed by atoms with Crippen molar-refractivity contribution in [2.45, 2.75) is 19.4 Å². The van der Waals surface area contributed by atoms with Gasteiger partial charge in [0.15, 0.2) is 0 Å². The summed E-state index contributed by atoms with van der Waals surface area (Å²) in [7, 11) is 2.04. The Labute approximate surface area is 80.1 Å². The molecule has 1 atom stereocenters. The van der Waals surface area contributed by atoms with E-state index in [2.05, 4.69) is 28.9 Å². The minimum absolute atomic E-state index is 0.632. The molecule has 1 fully saturated rings. The molecule has 3 heteroatoms. The fourth-order valence-electron chi connectivity index (χ4n) is 1.46. The highest BCUT2D eigenvalue weighted by Gasteiger charge is 2.10. The molecule has 0 amide bonds. The first-order valence-electron chi connectivity index (χ1n) is 4.80. The Morgan fingerprint density at radius 2 is 2.25 bits per heavy atom. The summed E-state index contributed by atoms with van der Waals surface area (Å²) in [6.07, 6.45) is 1.36. The molecular weight excluding hydrogens is 168 g/mol. The molecule has 1 aliphatic heterocycles. The summed E-state index contributed by atoms with van der Waals surface area (Å²) in [6, 6.07) is 0.632. The van der Waals surface area contributed by atoms with Crippen molar-refractivity contribution >= 4 is 11.8 Å². The van der Waals surface area contributed by atoms with Crippen LogP contribution in [0.5, 0.6) is 0 Å². The van der Waals surface area contributed by atoms with Gasteiger partial charge in [-0.1, -0.05) is 0 Å². The van der Waals surface area contributed by atoms with E-state index in [0.29, 0.717) is 6.04 Å². The summed E-state index contributed by atoms with van der Waals surface area (Å²) in [5.41, 5.74) is 0. The SMILES string of the molecule is CNC(C)CN1CCCSCC1. The highest BCUT2D eigenvalue weighted by Crippen LogP contribution is 2.09. The maximum atomic E-state index is 3.28. The van der Waals surface area contributed by atoms with Crippen molar-refractivity contribution < 1.29 is 0 Å². The van der Waals surface area contributed by atoms with Crippen molar-refractivity contribution in [1.82, 2.24) is 10.2 Å². The van der Waals surface area contributed by atoms with Crippen LogP contribution in [0, 0.1) is 0 Å². The lowest BCUT2D eigenvalue weighted by atomic mass is 10.3. The summed E-state index contributed by atoms with van der Waals surface area (Å²) < 4.78 is 0.